The van der Waals surface area contributed by atoms with Crippen LogP contribution in [0.15, 0.2) is 33.9 Å². The van der Waals surface area contributed by atoms with Crippen molar-refractivity contribution in [1.29, 1.82) is 0 Å². The Kier molecular flexibility index (Phi) is 4.04. The van der Waals surface area contributed by atoms with Crippen molar-refractivity contribution in [2.24, 2.45) is 5.73 Å². The number of rotatable bonds is 4. The molecule has 0 amide bonds. The van der Waals surface area contributed by atoms with Gasteiger partial charge in [-0.1, -0.05) is 35.5 Å². The summed E-state index contributed by atoms with van der Waals surface area (Å²) in [5, 5.41) is 9.06. The Labute approximate surface area is 109 Å². The zero-order valence-corrected chi connectivity index (χ0v) is 10.8. The van der Waals surface area contributed by atoms with E-state index >= 15 is 0 Å². The predicted octanol–water partition coefficient (Wildman–Crippen LogP) is 2.82. The van der Waals surface area contributed by atoms with Gasteiger partial charge in [-0.05, 0) is 17.7 Å². The Morgan fingerprint density at radius 3 is 2.59 bits per heavy atom. The predicted molar refractivity (Wildman–Crippen MR) is 68.1 cm³/mol. The first-order chi connectivity index (χ1) is 8.19. The van der Waals surface area contributed by atoms with E-state index in [0.29, 0.717) is 22.7 Å². The summed E-state index contributed by atoms with van der Waals surface area (Å²) >= 11 is 7.30. The van der Waals surface area contributed by atoms with Crippen LogP contribution in [0.1, 0.15) is 16.7 Å². The van der Waals surface area contributed by atoms with E-state index in [2.05, 4.69) is 10.2 Å². The first kappa shape index (κ1) is 12.4. The summed E-state index contributed by atoms with van der Waals surface area (Å²) in [6.07, 6.45) is 0. The summed E-state index contributed by atoms with van der Waals surface area (Å²) in [7, 11) is 0. The molecule has 0 spiro atoms. The average molecular weight is 270 g/mol. The molecule has 0 saturated heterocycles. The highest BCUT2D eigenvalue weighted by Gasteiger charge is 2.15. The molecule has 1 aromatic heterocycles. The third-order valence-corrected chi connectivity index (χ3v) is 3.57. The van der Waals surface area contributed by atoms with Crippen LogP contribution in [0.25, 0.3) is 0 Å². The molecule has 0 aliphatic rings. The Hall–Kier alpha value is -1.04. The van der Waals surface area contributed by atoms with Gasteiger partial charge in [-0.25, -0.2) is 0 Å². The number of aromatic nitrogens is 2. The van der Waals surface area contributed by atoms with Gasteiger partial charge in [0.25, 0.3) is 5.22 Å². The Bertz CT molecular complexity index is 486. The van der Waals surface area contributed by atoms with Crippen LogP contribution in [0.5, 0.6) is 0 Å². The van der Waals surface area contributed by atoms with Gasteiger partial charge in [0.1, 0.15) is 0 Å². The lowest BCUT2D eigenvalue weighted by atomic mass is 10.1. The molecule has 0 aliphatic carbocycles. The maximum atomic E-state index is 5.84. The van der Waals surface area contributed by atoms with Crippen LogP contribution in [-0.2, 0) is 0 Å². The van der Waals surface area contributed by atoms with E-state index in [-0.39, 0.29) is 5.25 Å². The van der Waals surface area contributed by atoms with Crippen LogP contribution in [0.4, 0.5) is 0 Å². The van der Waals surface area contributed by atoms with Crippen molar-refractivity contribution < 1.29 is 4.42 Å². The SMILES string of the molecule is Cc1nnc(SC(CN)c2ccc(Cl)cc2)o1. The van der Waals surface area contributed by atoms with Crippen molar-refractivity contribution >= 4 is 23.4 Å². The monoisotopic (exact) mass is 269 g/mol. The molecule has 17 heavy (non-hydrogen) atoms. The van der Waals surface area contributed by atoms with Crippen LogP contribution in [0, 0.1) is 6.92 Å². The Morgan fingerprint density at radius 2 is 2.06 bits per heavy atom. The van der Waals surface area contributed by atoms with E-state index in [4.69, 9.17) is 21.8 Å². The fourth-order valence-corrected chi connectivity index (χ4v) is 2.39. The topological polar surface area (TPSA) is 64.9 Å². The second-order valence-electron chi connectivity index (χ2n) is 3.48. The van der Waals surface area contributed by atoms with Gasteiger partial charge >= 0.3 is 0 Å². The molecular formula is C11H12ClN3OS. The summed E-state index contributed by atoms with van der Waals surface area (Å²) in [4.78, 5) is 0. The van der Waals surface area contributed by atoms with Crippen LogP contribution >= 0.6 is 23.4 Å². The molecule has 6 heteroatoms. The number of hydrogen-bond donors (Lipinski definition) is 1. The van der Waals surface area contributed by atoms with Crippen molar-refractivity contribution in [3.05, 3.63) is 40.7 Å². The van der Waals surface area contributed by atoms with Crippen LogP contribution < -0.4 is 5.73 Å². The minimum absolute atomic E-state index is 0.0899. The number of nitrogens with zero attached hydrogens (tertiary/aromatic N) is 2. The Morgan fingerprint density at radius 1 is 1.35 bits per heavy atom. The van der Waals surface area contributed by atoms with Gasteiger partial charge in [0, 0.05) is 18.5 Å². The minimum Gasteiger partial charge on any atom is -0.416 e. The molecule has 1 aromatic carbocycles. The molecule has 0 bridgehead atoms. The average Bonchev–Trinajstić information content (AvgIpc) is 2.73. The van der Waals surface area contributed by atoms with Crippen molar-refractivity contribution in [3.8, 4) is 0 Å². The van der Waals surface area contributed by atoms with E-state index in [1.807, 2.05) is 24.3 Å². The maximum absolute atomic E-state index is 5.84. The molecule has 0 fully saturated rings. The summed E-state index contributed by atoms with van der Waals surface area (Å²) in [6.45, 7) is 2.25. The van der Waals surface area contributed by atoms with Gasteiger partial charge in [0.15, 0.2) is 0 Å². The van der Waals surface area contributed by atoms with E-state index in [9.17, 15) is 0 Å². The smallest absolute Gasteiger partial charge is 0.277 e. The normalized spacial score (nSPS) is 12.6. The number of hydrogen-bond acceptors (Lipinski definition) is 5. The third-order valence-electron chi connectivity index (χ3n) is 2.21. The second-order valence-corrected chi connectivity index (χ2v) is 5.07. The van der Waals surface area contributed by atoms with E-state index in [1.165, 1.54) is 11.8 Å². The van der Waals surface area contributed by atoms with E-state index in [0.717, 1.165) is 5.56 Å². The molecule has 0 saturated carbocycles. The molecule has 0 radical (unpaired) electrons. The van der Waals surface area contributed by atoms with Crippen molar-refractivity contribution in [2.75, 3.05) is 6.54 Å². The number of halogens is 1. The second kappa shape index (κ2) is 5.53. The van der Waals surface area contributed by atoms with Gasteiger partial charge < -0.3 is 10.2 Å². The molecule has 2 aromatic rings. The van der Waals surface area contributed by atoms with E-state index in [1.54, 1.807) is 6.92 Å². The number of nitrogens with two attached hydrogens (primary N) is 1. The highest BCUT2D eigenvalue weighted by Crippen LogP contribution is 2.33. The summed E-state index contributed by atoms with van der Waals surface area (Å²) in [6, 6.07) is 7.60. The van der Waals surface area contributed by atoms with Crippen molar-refractivity contribution in [1.82, 2.24) is 10.2 Å². The fraction of sp³-hybridized carbons (Fsp3) is 0.273. The molecule has 1 unspecified atom stereocenters. The number of aryl methyl sites for hydroxylation is 1. The van der Waals surface area contributed by atoms with Gasteiger partial charge in [-0.2, -0.15) is 0 Å². The Balaban J connectivity index is 2.13. The lowest BCUT2D eigenvalue weighted by Crippen LogP contribution is -2.09. The lowest BCUT2D eigenvalue weighted by molar-refractivity contribution is 0.428. The van der Waals surface area contributed by atoms with Gasteiger partial charge in [0.05, 0.1) is 5.25 Å². The molecule has 1 atom stereocenters. The highest BCUT2D eigenvalue weighted by molar-refractivity contribution is 7.99. The first-order valence-corrected chi connectivity index (χ1v) is 6.37. The molecule has 2 rings (SSSR count). The minimum atomic E-state index is 0.0899. The van der Waals surface area contributed by atoms with Crippen molar-refractivity contribution in [2.45, 2.75) is 17.4 Å². The van der Waals surface area contributed by atoms with Gasteiger partial charge in [0.2, 0.25) is 5.89 Å². The molecular weight excluding hydrogens is 258 g/mol. The van der Waals surface area contributed by atoms with Crippen molar-refractivity contribution in [3.63, 3.8) is 0 Å². The molecule has 0 aliphatic heterocycles. The zero-order chi connectivity index (χ0) is 12.3. The van der Waals surface area contributed by atoms with E-state index < -0.39 is 0 Å². The van der Waals surface area contributed by atoms with Gasteiger partial charge in [-0.3, -0.25) is 0 Å². The molecule has 4 nitrogen and oxygen atoms in total. The molecule has 1 heterocycles. The zero-order valence-electron chi connectivity index (χ0n) is 9.26. The number of thioether (sulfide) groups is 1. The number of benzene rings is 1. The quantitative estimate of drug-likeness (QED) is 0.865. The summed E-state index contributed by atoms with van der Waals surface area (Å²) in [5.74, 6) is 0.555. The first-order valence-electron chi connectivity index (χ1n) is 5.11. The lowest BCUT2D eigenvalue weighted by Gasteiger charge is -2.11. The molecule has 2 N–H and O–H groups in total. The maximum Gasteiger partial charge on any atom is 0.277 e. The van der Waals surface area contributed by atoms with Crippen LogP contribution in [0.3, 0.4) is 0 Å². The highest BCUT2D eigenvalue weighted by atomic mass is 35.5. The third kappa shape index (κ3) is 3.21. The summed E-state index contributed by atoms with van der Waals surface area (Å²) < 4.78 is 5.32. The molecule has 90 valence electrons. The van der Waals surface area contributed by atoms with Crippen LogP contribution in [0.2, 0.25) is 5.02 Å². The fourth-order valence-electron chi connectivity index (χ4n) is 1.38. The van der Waals surface area contributed by atoms with Crippen LogP contribution in [-0.4, -0.2) is 16.7 Å². The summed E-state index contributed by atoms with van der Waals surface area (Å²) in [5.41, 5.74) is 6.85. The standard InChI is InChI=1S/C11H12ClN3OS/c1-7-14-15-11(16-7)17-10(6-13)8-2-4-9(12)5-3-8/h2-5,10H,6,13H2,1H3. The van der Waals surface area contributed by atoms with Gasteiger partial charge in [-0.15, -0.1) is 10.2 Å². The largest absolute Gasteiger partial charge is 0.416 e.